The first-order valence-electron chi connectivity index (χ1n) is 8.60. The molecule has 1 amide bonds. The fourth-order valence-electron chi connectivity index (χ4n) is 3.01. The molecule has 2 aromatic rings. The van der Waals surface area contributed by atoms with E-state index in [1.807, 2.05) is 0 Å². The number of sulfone groups is 1. The van der Waals surface area contributed by atoms with Gasteiger partial charge < -0.3 is 25.2 Å². The first-order valence-corrected chi connectivity index (χ1v) is 10.4. The van der Waals surface area contributed by atoms with Gasteiger partial charge in [0.05, 0.1) is 37.9 Å². The molecular weight excluding hydrogens is 384 g/mol. The molecule has 28 heavy (non-hydrogen) atoms. The monoisotopic (exact) mass is 406 g/mol. The Kier molecular flexibility index (Phi) is 5.76. The van der Waals surface area contributed by atoms with Gasteiger partial charge in [-0.2, -0.15) is 0 Å². The lowest BCUT2D eigenvalue weighted by molar-refractivity contribution is 0.102. The SMILES string of the molecule is COc1ccc(C(=O)Nc2ccc(N[C@@H]3CS(=O)(=O)C[C@@H]3O)cc2)cc1OC. The summed E-state index contributed by atoms with van der Waals surface area (Å²) in [5.74, 6) is 0.347. The van der Waals surface area contributed by atoms with Gasteiger partial charge in [0.1, 0.15) is 0 Å². The number of hydrogen-bond donors (Lipinski definition) is 3. The van der Waals surface area contributed by atoms with Crippen molar-refractivity contribution in [3.05, 3.63) is 48.0 Å². The maximum atomic E-state index is 12.4. The molecule has 0 spiro atoms. The maximum absolute atomic E-state index is 12.4. The summed E-state index contributed by atoms with van der Waals surface area (Å²) < 4.78 is 33.5. The van der Waals surface area contributed by atoms with Crippen LogP contribution in [0.1, 0.15) is 10.4 Å². The number of rotatable bonds is 6. The van der Waals surface area contributed by atoms with Crippen LogP contribution in [0.4, 0.5) is 11.4 Å². The van der Waals surface area contributed by atoms with Crippen LogP contribution in [-0.2, 0) is 9.84 Å². The number of carbonyl (C=O) groups excluding carboxylic acids is 1. The van der Waals surface area contributed by atoms with Crippen molar-refractivity contribution in [3.63, 3.8) is 0 Å². The van der Waals surface area contributed by atoms with Crippen LogP contribution in [0.25, 0.3) is 0 Å². The summed E-state index contributed by atoms with van der Waals surface area (Å²) in [5, 5.41) is 15.6. The third kappa shape index (κ3) is 4.55. The Morgan fingerprint density at radius 3 is 2.21 bits per heavy atom. The lowest BCUT2D eigenvalue weighted by atomic mass is 10.1. The zero-order valence-electron chi connectivity index (χ0n) is 15.5. The van der Waals surface area contributed by atoms with Crippen molar-refractivity contribution in [2.75, 3.05) is 36.4 Å². The number of aliphatic hydroxyl groups is 1. The second-order valence-corrected chi connectivity index (χ2v) is 8.65. The maximum Gasteiger partial charge on any atom is 0.255 e. The molecule has 0 saturated carbocycles. The minimum Gasteiger partial charge on any atom is -0.493 e. The van der Waals surface area contributed by atoms with E-state index in [1.165, 1.54) is 14.2 Å². The minimum absolute atomic E-state index is 0.105. The molecule has 0 aromatic heterocycles. The van der Waals surface area contributed by atoms with E-state index in [0.29, 0.717) is 28.4 Å². The molecule has 9 heteroatoms. The molecule has 8 nitrogen and oxygen atoms in total. The highest BCUT2D eigenvalue weighted by Gasteiger charge is 2.36. The van der Waals surface area contributed by atoms with Crippen LogP contribution in [0.15, 0.2) is 42.5 Å². The second-order valence-electron chi connectivity index (χ2n) is 6.50. The van der Waals surface area contributed by atoms with Crippen molar-refractivity contribution in [2.45, 2.75) is 12.1 Å². The van der Waals surface area contributed by atoms with Crippen LogP contribution >= 0.6 is 0 Å². The number of anilines is 2. The Balaban J connectivity index is 1.65. The molecule has 0 aliphatic carbocycles. The van der Waals surface area contributed by atoms with Crippen molar-refractivity contribution in [3.8, 4) is 11.5 Å². The fraction of sp³-hybridized carbons (Fsp3) is 0.316. The van der Waals surface area contributed by atoms with E-state index in [4.69, 9.17) is 9.47 Å². The molecule has 1 saturated heterocycles. The van der Waals surface area contributed by atoms with Gasteiger partial charge in [0.15, 0.2) is 21.3 Å². The average Bonchev–Trinajstić information content (AvgIpc) is 2.93. The van der Waals surface area contributed by atoms with E-state index in [1.54, 1.807) is 42.5 Å². The molecule has 1 aliphatic heterocycles. The van der Waals surface area contributed by atoms with E-state index in [0.717, 1.165) is 0 Å². The molecule has 1 fully saturated rings. The Bertz CT molecular complexity index is 959. The summed E-state index contributed by atoms with van der Waals surface area (Å²) in [4.78, 5) is 12.4. The topological polar surface area (TPSA) is 114 Å². The molecule has 3 rings (SSSR count). The summed E-state index contributed by atoms with van der Waals surface area (Å²) in [7, 11) is -0.200. The first-order chi connectivity index (χ1) is 13.3. The predicted molar refractivity (Wildman–Crippen MR) is 106 cm³/mol. The largest absolute Gasteiger partial charge is 0.493 e. The summed E-state index contributed by atoms with van der Waals surface area (Å²) in [6.45, 7) is 0. The van der Waals surface area contributed by atoms with Crippen molar-refractivity contribution >= 4 is 27.1 Å². The van der Waals surface area contributed by atoms with Crippen LogP contribution in [0.2, 0.25) is 0 Å². The zero-order valence-corrected chi connectivity index (χ0v) is 16.3. The number of amides is 1. The Morgan fingerprint density at radius 1 is 1.00 bits per heavy atom. The number of nitrogens with one attached hydrogen (secondary N) is 2. The van der Waals surface area contributed by atoms with Crippen LogP contribution in [0.3, 0.4) is 0 Å². The quantitative estimate of drug-likeness (QED) is 0.666. The summed E-state index contributed by atoms with van der Waals surface area (Å²) in [6.07, 6.45) is -0.936. The van der Waals surface area contributed by atoms with Gasteiger partial charge in [0.25, 0.3) is 5.91 Å². The minimum atomic E-state index is -3.22. The average molecular weight is 406 g/mol. The van der Waals surface area contributed by atoms with Crippen molar-refractivity contribution in [2.24, 2.45) is 0 Å². The van der Waals surface area contributed by atoms with Gasteiger partial charge in [-0.05, 0) is 42.5 Å². The number of hydrogen-bond acceptors (Lipinski definition) is 7. The third-order valence-corrected chi connectivity index (χ3v) is 6.18. The number of benzene rings is 2. The van der Waals surface area contributed by atoms with Crippen molar-refractivity contribution in [1.29, 1.82) is 0 Å². The van der Waals surface area contributed by atoms with E-state index in [9.17, 15) is 18.3 Å². The summed E-state index contributed by atoms with van der Waals surface area (Å²) in [6, 6.07) is 11.1. The van der Waals surface area contributed by atoms with E-state index in [-0.39, 0.29) is 17.4 Å². The standard InChI is InChI=1S/C19H22N2O6S/c1-26-17-8-3-12(9-18(17)27-2)19(23)21-14-6-4-13(5-7-14)20-15-10-28(24,25)11-16(15)22/h3-9,15-16,20,22H,10-11H2,1-2H3,(H,21,23)/t15-,16+/m1/s1. The van der Waals surface area contributed by atoms with Gasteiger partial charge >= 0.3 is 0 Å². The van der Waals surface area contributed by atoms with Crippen LogP contribution in [0.5, 0.6) is 11.5 Å². The van der Waals surface area contributed by atoms with Gasteiger partial charge in [-0.1, -0.05) is 0 Å². The van der Waals surface area contributed by atoms with Gasteiger partial charge in [0, 0.05) is 16.9 Å². The first kappa shape index (κ1) is 20.0. The molecule has 2 aromatic carbocycles. The lowest BCUT2D eigenvalue weighted by Gasteiger charge is -2.16. The highest BCUT2D eigenvalue weighted by atomic mass is 32.2. The summed E-state index contributed by atoms with van der Waals surface area (Å²) >= 11 is 0. The van der Waals surface area contributed by atoms with Gasteiger partial charge in [-0.25, -0.2) is 8.42 Å². The van der Waals surface area contributed by atoms with Crippen LogP contribution in [0, 0.1) is 0 Å². The molecule has 0 radical (unpaired) electrons. The molecule has 3 N–H and O–H groups in total. The molecule has 0 unspecified atom stereocenters. The van der Waals surface area contributed by atoms with Gasteiger partial charge in [-0.3, -0.25) is 4.79 Å². The molecule has 1 aliphatic rings. The number of ether oxygens (including phenoxy) is 2. The van der Waals surface area contributed by atoms with E-state index >= 15 is 0 Å². The normalized spacial score (nSPS) is 20.4. The van der Waals surface area contributed by atoms with E-state index < -0.39 is 22.0 Å². The van der Waals surface area contributed by atoms with Crippen LogP contribution in [-0.4, -0.2) is 57.3 Å². The van der Waals surface area contributed by atoms with Gasteiger partial charge in [0.2, 0.25) is 0 Å². The number of methoxy groups -OCH3 is 2. The highest BCUT2D eigenvalue weighted by molar-refractivity contribution is 7.91. The molecular formula is C19H22N2O6S. The third-order valence-electron chi connectivity index (χ3n) is 4.46. The molecule has 1 heterocycles. The Hall–Kier alpha value is -2.78. The molecule has 150 valence electrons. The second kappa shape index (κ2) is 8.07. The Morgan fingerprint density at radius 2 is 1.64 bits per heavy atom. The lowest BCUT2D eigenvalue weighted by Crippen LogP contribution is -2.31. The summed E-state index contributed by atoms with van der Waals surface area (Å²) in [5.41, 5.74) is 1.65. The number of carbonyl (C=O) groups is 1. The number of aliphatic hydroxyl groups excluding tert-OH is 1. The van der Waals surface area contributed by atoms with E-state index in [2.05, 4.69) is 10.6 Å². The zero-order chi connectivity index (χ0) is 20.3. The smallest absolute Gasteiger partial charge is 0.255 e. The molecule has 0 bridgehead atoms. The highest BCUT2D eigenvalue weighted by Crippen LogP contribution is 2.28. The van der Waals surface area contributed by atoms with Crippen molar-refractivity contribution < 1.29 is 27.8 Å². The van der Waals surface area contributed by atoms with Gasteiger partial charge in [-0.15, -0.1) is 0 Å². The van der Waals surface area contributed by atoms with Crippen molar-refractivity contribution in [1.82, 2.24) is 0 Å². The van der Waals surface area contributed by atoms with Crippen LogP contribution < -0.4 is 20.1 Å². The predicted octanol–water partition coefficient (Wildman–Crippen LogP) is 1.53. The molecule has 2 atom stereocenters. The fourth-order valence-corrected chi connectivity index (χ4v) is 4.75. The Labute approximate surface area is 163 Å².